The van der Waals surface area contributed by atoms with Crippen molar-refractivity contribution in [3.63, 3.8) is 0 Å². The van der Waals surface area contributed by atoms with Crippen molar-refractivity contribution in [2.24, 2.45) is 0 Å². The maximum Gasteiger partial charge on any atom is 0.318 e. The second-order valence-corrected chi connectivity index (χ2v) is 6.92. The summed E-state index contributed by atoms with van der Waals surface area (Å²) in [7, 11) is 0. The summed E-state index contributed by atoms with van der Waals surface area (Å²) < 4.78 is 0. The van der Waals surface area contributed by atoms with Crippen molar-refractivity contribution in [2.45, 2.75) is 59.0 Å². The number of aliphatic carboxylic acids is 1. The summed E-state index contributed by atoms with van der Waals surface area (Å²) in [6.45, 7) is 10.9. The molecule has 0 aliphatic rings. The van der Waals surface area contributed by atoms with Gasteiger partial charge in [0.2, 0.25) is 5.91 Å². The first-order valence-corrected chi connectivity index (χ1v) is 6.91. The Hall–Kier alpha value is -1.79. The molecule has 0 aliphatic heterocycles. The number of nitrogens with one attached hydrogen (secondary N) is 2. The van der Waals surface area contributed by atoms with Crippen molar-refractivity contribution in [3.05, 3.63) is 0 Å². The van der Waals surface area contributed by atoms with Gasteiger partial charge in [-0.1, -0.05) is 0 Å². The Balaban J connectivity index is 4.55. The number of nitrogens with zero attached hydrogens (tertiary/aromatic N) is 1. The molecule has 7 nitrogen and oxygen atoms in total. The first-order chi connectivity index (χ1) is 9.33. The second-order valence-electron chi connectivity index (χ2n) is 6.92. The zero-order chi connectivity index (χ0) is 16.8. The number of rotatable bonds is 5. The number of carboxylic acid groups (broad SMARTS) is 1. The average molecular weight is 301 g/mol. The zero-order valence-electron chi connectivity index (χ0n) is 13.7. The van der Waals surface area contributed by atoms with Crippen molar-refractivity contribution >= 4 is 17.9 Å². The van der Waals surface area contributed by atoms with E-state index in [1.54, 1.807) is 0 Å². The van der Waals surface area contributed by atoms with Gasteiger partial charge in [-0.2, -0.15) is 0 Å². The molecule has 0 bridgehead atoms. The lowest BCUT2D eigenvalue weighted by Gasteiger charge is -2.35. The first-order valence-electron chi connectivity index (χ1n) is 6.91. The highest BCUT2D eigenvalue weighted by atomic mass is 16.4. The molecule has 21 heavy (non-hydrogen) atoms. The summed E-state index contributed by atoms with van der Waals surface area (Å²) in [5.41, 5.74) is -0.894. The Labute approximate surface area is 126 Å². The summed E-state index contributed by atoms with van der Waals surface area (Å²) in [4.78, 5) is 35.8. The fourth-order valence-electron chi connectivity index (χ4n) is 1.66. The molecule has 0 radical (unpaired) electrons. The van der Waals surface area contributed by atoms with Crippen LogP contribution in [0, 0.1) is 0 Å². The van der Waals surface area contributed by atoms with Crippen LogP contribution >= 0.6 is 0 Å². The molecule has 7 heteroatoms. The predicted octanol–water partition coefficient (Wildman–Crippen LogP) is 1.19. The second kappa shape index (κ2) is 7.28. The van der Waals surface area contributed by atoms with Crippen LogP contribution in [0.2, 0.25) is 0 Å². The van der Waals surface area contributed by atoms with E-state index >= 15 is 0 Å². The third kappa shape index (κ3) is 8.88. The Bertz CT molecular complexity index is 394. The van der Waals surface area contributed by atoms with Gasteiger partial charge < -0.3 is 20.6 Å². The molecule has 3 N–H and O–H groups in total. The van der Waals surface area contributed by atoms with Gasteiger partial charge in [-0.25, -0.2) is 4.79 Å². The minimum absolute atomic E-state index is 0.0888. The number of hydrogen-bond acceptors (Lipinski definition) is 3. The minimum atomic E-state index is -0.970. The summed E-state index contributed by atoms with van der Waals surface area (Å²) in [5.74, 6) is -1.26. The molecule has 0 aromatic carbocycles. The van der Waals surface area contributed by atoms with E-state index < -0.39 is 17.5 Å². The van der Waals surface area contributed by atoms with Crippen molar-refractivity contribution in [1.82, 2.24) is 15.5 Å². The zero-order valence-corrected chi connectivity index (χ0v) is 13.7. The van der Waals surface area contributed by atoms with Crippen LogP contribution in [-0.2, 0) is 9.59 Å². The molecule has 0 spiro atoms. The quantitative estimate of drug-likeness (QED) is 0.710. The SMILES string of the molecule is CC(C)(C)NC(=O)CNC(=O)N(CCC(=O)O)C(C)(C)C. The summed E-state index contributed by atoms with van der Waals surface area (Å²) >= 11 is 0. The van der Waals surface area contributed by atoms with Crippen LogP contribution in [0.15, 0.2) is 0 Å². The van der Waals surface area contributed by atoms with Crippen LogP contribution in [0.3, 0.4) is 0 Å². The molecule has 0 fully saturated rings. The molecule has 0 aromatic rings. The van der Waals surface area contributed by atoms with Crippen molar-refractivity contribution in [3.8, 4) is 0 Å². The van der Waals surface area contributed by atoms with Crippen molar-refractivity contribution in [1.29, 1.82) is 0 Å². The third-order valence-corrected chi connectivity index (χ3v) is 2.52. The van der Waals surface area contributed by atoms with Crippen molar-refractivity contribution < 1.29 is 19.5 Å². The smallest absolute Gasteiger partial charge is 0.318 e. The fourth-order valence-corrected chi connectivity index (χ4v) is 1.66. The van der Waals surface area contributed by atoms with Gasteiger partial charge >= 0.3 is 12.0 Å². The van der Waals surface area contributed by atoms with Gasteiger partial charge in [-0.15, -0.1) is 0 Å². The number of amides is 3. The van der Waals surface area contributed by atoms with Crippen LogP contribution in [0.25, 0.3) is 0 Å². The predicted molar refractivity (Wildman–Crippen MR) is 80.0 cm³/mol. The molecule has 0 heterocycles. The molecule has 0 atom stereocenters. The Kier molecular flexibility index (Phi) is 6.66. The lowest BCUT2D eigenvalue weighted by atomic mass is 10.1. The molecular weight excluding hydrogens is 274 g/mol. The van der Waals surface area contributed by atoms with Crippen LogP contribution in [0.4, 0.5) is 4.79 Å². The van der Waals surface area contributed by atoms with E-state index in [0.29, 0.717) is 0 Å². The normalized spacial score (nSPS) is 11.7. The number of carbonyl (C=O) groups excluding carboxylic acids is 2. The Morgan fingerprint density at radius 1 is 1.05 bits per heavy atom. The van der Waals surface area contributed by atoms with Crippen LogP contribution < -0.4 is 10.6 Å². The Morgan fingerprint density at radius 2 is 1.57 bits per heavy atom. The molecule has 122 valence electrons. The lowest BCUT2D eigenvalue weighted by Crippen LogP contribution is -2.53. The average Bonchev–Trinajstić information content (AvgIpc) is 2.21. The van der Waals surface area contributed by atoms with Crippen LogP contribution in [0.1, 0.15) is 48.0 Å². The lowest BCUT2D eigenvalue weighted by molar-refractivity contribution is -0.137. The number of carboxylic acids is 1. The monoisotopic (exact) mass is 301 g/mol. The summed E-state index contributed by atoms with van der Waals surface area (Å²) in [6.07, 6.45) is -0.140. The minimum Gasteiger partial charge on any atom is -0.481 e. The van der Waals surface area contributed by atoms with E-state index in [-0.39, 0.29) is 31.0 Å². The highest BCUT2D eigenvalue weighted by Crippen LogP contribution is 2.13. The first kappa shape index (κ1) is 19.2. The van der Waals surface area contributed by atoms with Gasteiger partial charge in [-0.3, -0.25) is 9.59 Å². The molecule has 0 aliphatic carbocycles. The van der Waals surface area contributed by atoms with E-state index in [2.05, 4.69) is 10.6 Å². The van der Waals surface area contributed by atoms with E-state index in [0.717, 1.165) is 0 Å². The number of carbonyl (C=O) groups is 3. The molecule has 0 saturated heterocycles. The van der Waals surface area contributed by atoms with Crippen LogP contribution in [0.5, 0.6) is 0 Å². The highest BCUT2D eigenvalue weighted by molar-refractivity contribution is 5.84. The van der Waals surface area contributed by atoms with E-state index in [1.807, 2.05) is 41.5 Å². The van der Waals surface area contributed by atoms with E-state index in [4.69, 9.17) is 5.11 Å². The van der Waals surface area contributed by atoms with Gasteiger partial charge in [0.15, 0.2) is 0 Å². The fraction of sp³-hybridized carbons (Fsp3) is 0.786. The van der Waals surface area contributed by atoms with E-state index in [9.17, 15) is 14.4 Å². The molecule has 0 unspecified atom stereocenters. The maximum atomic E-state index is 12.1. The highest BCUT2D eigenvalue weighted by Gasteiger charge is 2.27. The summed E-state index contributed by atoms with van der Waals surface area (Å²) in [6, 6.07) is -0.451. The molecule has 3 amide bonds. The Morgan fingerprint density at radius 3 is 1.95 bits per heavy atom. The molecule has 0 aromatic heterocycles. The maximum absolute atomic E-state index is 12.1. The van der Waals surface area contributed by atoms with Gasteiger partial charge in [0, 0.05) is 17.6 Å². The van der Waals surface area contributed by atoms with Crippen LogP contribution in [-0.4, -0.2) is 52.1 Å². The van der Waals surface area contributed by atoms with E-state index in [1.165, 1.54) is 4.90 Å². The van der Waals surface area contributed by atoms with Crippen molar-refractivity contribution in [2.75, 3.05) is 13.1 Å². The molecule has 0 saturated carbocycles. The molecular formula is C14H27N3O4. The van der Waals surface area contributed by atoms with Gasteiger partial charge in [-0.05, 0) is 41.5 Å². The summed E-state index contributed by atoms with van der Waals surface area (Å²) in [5, 5.41) is 14.0. The third-order valence-electron chi connectivity index (χ3n) is 2.52. The number of hydrogen-bond donors (Lipinski definition) is 3. The largest absolute Gasteiger partial charge is 0.481 e. The van der Waals surface area contributed by atoms with Gasteiger partial charge in [0.1, 0.15) is 0 Å². The van der Waals surface area contributed by atoms with Gasteiger partial charge in [0.05, 0.1) is 13.0 Å². The topological polar surface area (TPSA) is 98.7 Å². The standard InChI is InChI=1S/C14H27N3O4/c1-13(2,3)16-10(18)9-15-12(21)17(14(4,5)6)8-7-11(19)20/h7-9H2,1-6H3,(H,15,21)(H,16,18)(H,19,20). The number of urea groups is 1. The van der Waals surface area contributed by atoms with Gasteiger partial charge in [0.25, 0.3) is 0 Å². The molecule has 0 rings (SSSR count).